The average Bonchev–Trinajstić information content (AvgIpc) is 2.87. The fourth-order valence-corrected chi connectivity index (χ4v) is 3.71. The van der Waals surface area contributed by atoms with Crippen molar-refractivity contribution in [3.05, 3.63) is 0 Å². The molecule has 120 valence electrons. The predicted octanol–water partition coefficient (Wildman–Crippen LogP) is 1.02. The zero-order valence-electron chi connectivity index (χ0n) is 12.5. The van der Waals surface area contributed by atoms with Crippen molar-refractivity contribution >= 4 is 11.9 Å². The first-order chi connectivity index (χ1) is 10.0. The SMILES string of the molecule is O=C(O)CC1CC(NCC2CCCC2)CN(CC(=O)O)C1. The van der Waals surface area contributed by atoms with Crippen molar-refractivity contribution in [1.82, 2.24) is 10.2 Å². The third-order valence-electron chi connectivity index (χ3n) is 4.60. The van der Waals surface area contributed by atoms with Crippen LogP contribution >= 0.6 is 0 Å². The molecule has 0 aromatic heterocycles. The van der Waals surface area contributed by atoms with E-state index in [0.717, 1.165) is 18.9 Å². The van der Waals surface area contributed by atoms with E-state index in [-0.39, 0.29) is 24.9 Å². The number of nitrogens with one attached hydrogen (secondary N) is 1. The molecule has 1 aliphatic carbocycles. The first kappa shape index (κ1) is 16.2. The van der Waals surface area contributed by atoms with Crippen LogP contribution in [0.3, 0.4) is 0 Å². The molecule has 0 radical (unpaired) electrons. The van der Waals surface area contributed by atoms with Gasteiger partial charge in [0.25, 0.3) is 0 Å². The Kier molecular flexibility index (Phi) is 5.99. The number of carbonyl (C=O) groups is 2. The zero-order chi connectivity index (χ0) is 15.2. The number of carboxylic acids is 2. The van der Waals surface area contributed by atoms with Gasteiger partial charge in [0.05, 0.1) is 6.54 Å². The quantitative estimate of drug-likeness (QED) is 0.650. The average molecular weight is 298 g/mol. The molecule has 6 heteroatoms. The fraction of sp³-hybridized carbons (Fsp3) is 0.867. The van der Waals surface area contributed by atoms with Crippen molar-refractivity contribution in [2.24, 2.45) is 11.8 Å². The lowest BCUT2D eigenvalue weighted by Crippen LogP contribution is -2.51. The second-order valence-corrected chi connectivity index (χ2v) is 6.54. The van der Waals surface area contributed by atoms with Gasteiger partial charge in [-0.2, -0.15) is 0 Å². The second-order valence-electron chi connectivity index (χ2n) is 6.54. The smallest absolute Gasteiger partial charge is 0.317 e. The van der Waals surface area contributed by atoms with Crippen LogP contribution in [0.4, 0.5) is 0 Å². The summed E-state index contributed by atoms with van der Waals surface area (Å²) in [5.41, 5.74) is 0. The van der Waals surface area contributed by atoms with Gasteiger partial charge in [-0.15, -0.1) is 0 Å². The van der Waals surface area contributed by atoms with Gasteiger partial charge in [-0.1, -0.05) is 12.8 Å². The number of hydrogen-bond donors (Lipinski definition) is 3. The summed E-state index contributed by atoms with van der Waals surface area (Å²) < 4.78 is 0. The van der Waals surface area contributed by atoms with Gasteiger partial charge in [0, 0.05) is 25.6 Å². The molecule has 0 spiro atoms. The number of piperidine rings is 1. The Balaban J connectivity index is 1.84. The van der Waals surface area contributed by atoms with Gasteiger partial charge in [0.2, 0.25) is 0 Å². The van der Waals surface area contributed by atoms with Gasteiger partial charge in [-0.25, -0.2) is 0 Å². The Morgan fingerprint density at radius 3 is 2.38 bits per heavy atom. The molecule has 2 unspecified atom stereocenters. The minimum absolute atomic E-state index is 0.00225. The van der Waals surface area contributed by atoms with Crippen molar-refractivity contribution in [3.63, 3.8) is 0 Å². The van der Waals surface area contributed by atoms with Crippen LogP contribution in [0.1, 0.15) is 38.5 Å². The molecule has 0 amide bonds. The maximum Gasteiger partial charge on any atom is 0.317 e. The number of rotatable bonds is 7. The van der Waals surface area contributed by atoms with Crippen LogP contribution in [0.15, 0.2) is 0 Å². The molecule has 0 bridgehead atoms. The monoisotopic (exact) mass is 298 g/mol. The summed E-state index contributed by atoms with van der Waals surface area (Å²) in [4.78, 5) is 23.7. The zero-order valence-corrected chi connectivity index (χ0v) is 12.5. The molecule has 1 saturated heterocycles. The van der Waals surface area contributed by atoms with Crippen LogP contribution < -0.4 is 5.32 Å². The fourth-order valence-electron chi connectivity index (χ4n) is 3.71. The van der Waals surface area contributed by atoms with Crippen LogP contribution in [-0.4, -0.2) is 59.3 Å². The van der Waals surface area contributed by atoms with Crippen LogP contribution in [0.25, 0.3) is 0 Å². The minimum Gasteiger partial charge on any atom is -0.481 e. The Hall–Kier alpha value is -1.14. The minimum atomic E-state index is -0.847. The van der Waals surface area contributed by atoms with E-state index in [0.29, 0.717) is 13.1 Å². The summed E-state index contributed by atoms with van der Waals surface area (Å²) in [6, 6.07) is 0.211. The molecule has 2 atom stereocenters. The Bertz CT molecular complexity index is 345. The summed E-state index contributed by atoms with van der Waals surface area (Å²) in [7, 11) is 0. The van der Waals surface area contributed by atoms with Gasteiger partial charge < -0.3 is 15.5 Å². The number of hydrogen-bond acceptors (Lipinski definition) is 4. The van der Waals surface area contributed by atoms with E-state index in [1.807, 2.05) is 4.90 Å². The highest BCUT2D eigenvalue weighted by molar-refractivity contribution is 5.69. The van der Waals surface area contributed by atoms with Crippen molar-refractivity contribution in [1.29, 1.82) is 0 Å². The van der Waals surface area contributed by atoms with Gasteiger partial charge in [0.15, 0.2) is 0 Å². The maximum atomic E-state index is 10.9. The lowest BCUT2D eigenvalue weighted by molar-refractivity contribution is -0.139. The summed E-state index contributed by atoms with van der Waals surface area (Å²) in [6.07, 6.45) is 6.12. The second kappa shape index (κ2) is 7.75. The lowest BCUT2D eigenvalue weighted by atomic mass is 9.91. The molecule has 2 rings (SSSR count). The third kappa shape index (κ3) is 5.63. The number of likely N-dealkylation sites (tertiary alicyclic amines) is 1. The van der Waals surface area contributed by atoms with Crippen molar-refractivity contribution in [3.8, 4) is 0 Å². The van der Waals surface area contributed by atoms with E-state index in [4.69, 9.17) is 10.2 Å². The molecule has 2 aliphatic rings. The standard InChI is InChI=1S/C15H26N2O4/c18-14(19)6-12-5-13(9-17(8-12)10-15(20)21)16-7-11-3-1-2-4-11/h11-13,16H,1-10H2,(H,18,19)(H,20,21). The molecule has 6 nitrogen and oxygen atoms in total. The first-order valence-electron chi connectivity index (χ1n) is 7.92. The summed E-state index contributed by atoms with van der Waals surface area (Å²) in [5.74, 6) is -0.873. The van der Waals surface area contributed by atoms with E-state index in [1.165, 1.54) is 25.7 Å². The van der Waals surface area contributed by atoms with Gasteiger partial charge in [-0.3, -0.25) is 14.5 Å². The first-order valence-corrected chi connectivity index (χ1v) is 7.92. The molecule has 21 heavy (non-hydrogen) atoms. The van der Waals surface area contributed by atoms with Crippen LogP contribution in [-0.2, 0) is 9.59 Å². The molecular formula is C15H26N2O4. The summed E-state index contributed by atoms with van der Waals surface area (Å²) in [6.45, 7) is 2.25. The van der Waals surface area contributed by atoms with Gasteiger partial charge >= 0.3 is 11.9 Å². The molecular weight excluding hydrogens is 272 g/mol. The summed E-state index contributed by atoms with van der Waals surface area (Å²) in [5, 5.41) is 21.5. The van der Waals surface area contributed by atoms with Crippen LogP contribution in [0, 0.1) is 11.8 Å². The van der Waals surface area contributed by atoms with E-state index < -0.39 is 11.9 Å². The molecule has 1 saturated carbocycles. The highest BCUT2D eigenvalue weighted by Crippen LogP contribution is 2.25. The molecule has 0 aromatic rings. The van der Waals surface area contributed by atoms with Crippen molar-refractivity contribution in [2.75, 3.05) is 26.2 Å². The van der Waals surface area contributed by atoms with Gasteiger partial charge in [-0.05, 0) is 37.6 Å². The molecule has 3 N–H and O–H groups in total. The largest absolute Gasteiger partial charge is 0.481 e. The third-order valence-corrected chi connectivity index (χ3v) is 4.60. The Morgan fingerprint density at radius 2 is 1.76 bits per heavy atom. The van der Waals surface area contributed by atoms with Gasteiger partial charge in [0.1, 0.15) is 0 Å². The number of nitrogens with zero attached hydrogens (tertiary/aromatic N) is 1. The normalized spacial score (nSPS) is 27.8. The number of aliphatic carboxylic acids is 2. The molecule has 1 heterocycles. The highest BCUT2D eigenvalue weighted by atomic mass is 16.4. The topological polar surface area (TPSA) is 89.9 Å². The Morgan fingerprint density at radius 1 is 1.05 bits per heavy atom. The molecule has 0 aromatic carbocycles. The van der Waals surface area contributed by atoms with E-state index in [1.54, 1.807) is 0 Å². The van der Waals surface area contributed by atoms with E-state index >= 15 is 0 Å². The van der Waals surface area contributed by atoms with Crippen molar-refractivity contribution in [2.45, 2.75) is 44.6 Å². The lowest BCUT2D eigenvalue weighted by Gasteiger charge is -2.37. The van der Waals surface area contributed by atoms with E-state index in [2.05, 4.69) is 5.32 Å². The van der Waals surface area contributed by atoms with E-state index in [9.17, 15) is 9.59 Å². The Labute approximate surface area is 125 Å². The molecule has 1 aliphatic heterocycles. The van der Waals surface area contributed by atoms with Crippen LogP contribution in [0.2, 0.25) is 0 Å². The van der Waals surface area contributed by atoms with Crippen LogP contribution in [0.5, 0.6) is 0 Å². The molecule has 2 fully saturated rings. The van der Waals surface area contributed by atoms with Crippen molar-refractivity contribution < 1.29 is 19.8 Å². The summed E-state index contributed by atoms with van der Waals surface area (Å²) >= 11 is 0. The maximum absolute atomic E-state index is 10.9. The number of carboxylic acid groups (broad SMARTS) is 2. The highest BCUT2D eigenvalue weighted by Gasteiger charge is 2.30. The predicted molar refractivity (Wildman–Crippen MR) is 78.2 cm³/mol.